The Kier molecular flexibility index (Phi) is 5.54. The van der Waals surface area contributed by atoms with Crippen molar-refractivity contribution in [3.05, 3.63) is 10.6 Å². The molecule has 2 rings (SSSR count). The van der Waals surface area contributed by atoms with Crippen molar-refractivity contribution >= 4 is 28.2 Å². The van der Waals surface area contributed by atoms with Gasteiger partial charge in [-0.15, -0.1) is 11.3 Å². The Morgan fingerprint density at radius 1 is 1.53 bits per heavy atom. The van der Waals surface area contributed by atoms with Crippen LogP contribution in [0.25, 0.3) is 0 Å². The second-order valence-electron chi connectivity index (χ2n) is 5.40. The van der Waals surface area contributed by atoms with Crippen LogP contribution in [0.4, 0.5) is 5.13 Å². The van der Waals surface area contributed by atoms with Crippen molar-refractivity contribution in [2.45, 2.75) is 51.7 Å². The summed E-state index contributed by atoms with van der Waals surface area (Å²) in [7, 11) is 2.17. The lowest BCUT2D eigenvalue weighted by atomic mass is 10.2. The molecule has 5 heteroatoms. The summed E-state index contributed by atoms with van der Waals surface area (Å²) in [6.07, 6.45) is 6.07. The first-order chi connectivity index (χ1) is 9.11. The minimum absolute atomic E-state index is 0.558. The number of hydrogen-bond donors (Lipinski definition) is 1. The first-order valence-electron chi connectivity index (χ1n) is 7.03. The molecule has 0 spiro atoms. The number of nitrogens with zero attached hydrogens (tertiary/aromatic N) is 2. The van der Waals surface area contributed by atoms with Gasteiger partial charge in [-0.3, -0.25) is 0 Å². The molecule has 0 radical (unpaired) electrons. The highest BCUT2D eigenvalue weighted by molar-refractivity contribution is 7.98. The van der Waals surface area contributed by atoms with Gasteiger partial charge in [0.05, 0.1) is 5.69 Å². The normalized spacial score (nSPS) is 16.6. The second kappa shape index (κ2) is 6.95. The van der Waals surface area contributed by atoms with Gasteiger partial charge < -0.3 is 10.2 Å². The van der Waals surface area contributed by atoms with Crippen LogP contribution in [-0.2, 0) is 6.54 Å². The molecule has 0 saturated heterocycles. The Labute approximate surface area is 125 Å². The molecule has 108 valence electrons. The van der Waals surface area contributed by atoms with E-state index in [1.54, 1.807) is 0 Å². The quantitative estimate of drug-likeness (QED) is 0.797. The number of rotatable bonds is 8. The molecule has 19 heavy (non-hydrogen) atoms. The van der Waals surface area contributed by atoms with Crippen LogP contribution in [0, 0.1) is 6.92 Å². The fraction of sp³-hybridized carbons (Fsp3) is 0.786. The van der Waals surface area contributed by atoms with E-state index in [9.17, 15) is 0 Å². The van der Waals surface area contributed by atoms with E-state index in [2.05, 4.69) is 37.4 Å². The van der Waals surface area contributed by atoms with Crippen LogP contribution >= 0.6 is 23.1 Å². The van der Waals surface area contributed by atoms with Gasteiger partial charge in [-0.1, -0.05) is 0 Å². The minimum Gasteiger partial charge on any atom is -0.348 e. The van der Waals surface area contributed by atoms with Gasteiger partial charge >= 0.3 is 0 Å². The van der Waals surface area contributed by atoms with E-state index >= 15 is 0 Å². The van der Waals surface area contributed by atoms with Crippen molar-refractivity contribution in [2.75, 3.05) is 24.0 Å². The van der Waals surface area contributed by atoms with Gasteiger partial charge in [-0.05, 0) is 45.1 Å². The zero-order valence-electron chi connectivity index (χ0n) is 12.4. The molecule has 1 aliphatic carbocycles. The lowest BCUT2D eigenvalue weighted by molar-refractivity contribution is 0.667. The predicted molar refractivity (Wildman–Crippen MR) is 87.6 cm³/mol. The lowest BCUT2D eigenvalue weighted by Crippen LogP contribution is -2.29. The van der Waals surface area contributed by atoms with E-state index < -0.39 is 0 Å². The van der Waals surface area contributed by atoms with Crippen LogP contribution < -0.4 is 10.2 Å². The molecule has 0 bridgehead atoms. The summed E-state index contributed by atoms with van der Waals surface area (Å²) in [6.45, 7) is 5.40. The zero-order chi connectivity index (χ0) is 13.8. The summed E-state index contributed by atoms with van der Waals surface area (Å²) in [5.74, 6) is 1.21. The third kappa shape index (κ3) is 4.36. The molecular weight excluding hydrogens is 274 g/mol. The third-order valence-electron chi connectivity index (χ3n) is 3.71. The molecule has 3 nitrogen and oxygen atoms in total. The molecule has 1 aromatic rings. The van der Waals surface area contributed by atoms with E-state index in [0.29, 0.717) is 6.04 Å². The van der Waals surface area contributed by atoms with Crippen LogP contribution in [0.3, 0.4) is 0 Å². The summed E-state index contributed by atoms with van der Waals surface area (Å²) >= 11 is 3.76. The average Bonchev–Trinajstić information content (AvgIpc) is 3.16. The molecule has 1 atom stereocenters. The number of hydrogen-bond acceptors (Lipinski definition) is 5. The molecule has 1 fully saturated rings. The molecule has 1 saturated carbocycles. The summed E-state index contributed by atoms with van der Waals surface area (Å²) in [5, 5.41) is 4.74. The van der Waals surface area contributed by atoms with Gasteiger partial charge in [0.25, 0.3) is 0 Å². The first kappa shape index (κ1) is 15.1. The topological polar surface area (TPSA) is 28.2 Å². The fourth-order valence-electron chi connectivity index (χ4n) is 1.92. The Morgan fingerprint density at radius 2 is 2.26 bits per heavy atom. The fourth-order valence-corrected chi connectivity index (χ4v) is 3.58. The van der Waals surface area contributed by atoms with E-state index in [0.717, 1.165) is 12.6 Å². The highest BCUT2D eigenvalue weighted by atomic mass is 32.2. The van der Waals surface area contributed by atoms with Gasteiger partial charge in [-0.2, -0.15) is 11.8 Å². The monoisotopic (exact) mass is 299 g/mol. The van der Waals surface area contributed by atoms with Crippen LogP contribution in [-0.4, -0.2) is 36.1 Å². The van der Waals surface area contributed by atoms with Crippen molar-refractivity contribution in [1.82, 2.24) is 10.3 Å². The van der Waals surface area contributed by atoms with Crippen molar-refractivity contribution in [2.24, 2.45) is 0 Å². The maximum Gasteiger partial charge on any atom is 0.185 e. The smallest absolute Gasteiger partial charge is 0.185 e. The minimum atomic E-state index is 0.558. The molecule has 1 aromatic heterocycles. The molecule has 1 unspecified atom stereocenters. The first-order valence-corrected chi connectivity index (χ1v) is 9.24. The Balaban J connectivity index is 1.92. The van der Waals surface area contributed by atoms with E-state index in [1.165, 1.54) is 40.7 Å². The van der Waals surface area contributed by atoms with Crippen LogP contribution in [0.5, 0.6) is 0 Å². The molecule has 1 N–H and O–H groups in total. The lowest BCUT2D eigenvalue weighted by Gasteiger charge is -2.23. The Bertz CT molecular complexity index is 401. The van der Waals surface area contributed by atoms with E-state index in [-0.39, 0.29) is 0 Å². The molecule has 0 aliphatic heterocycles. The summed E-state index contributed by atoms with van der Waals surface area (Å²) in [5.41, 5.74) is 1.19. The van der Waals surface area contributed by atoms with Gasteiger partial charge in [0.15, 0.2) is 5.13 Å². The number of aromatic nitrogens is 1. The van der Waals surface area contributed by atoms with Gasteiger partial charge in [0, 0.05) is 30.6 Å². The molecule has 1 aliphatic rings. The second-order valence-corrected chi connectivity index (χ2v) is 7.45. The molecule has 0 aromatic carbocycles. The highest BCUT2D eigenvalue weighted by Gasteiger charge is 2.21. The standard InChI is InChI=1S/C14H25N3S2/c1-10(7-8-18-4)17(3)14-16-11(2)13(19-14)9-15-12-5-6-12/h10,12,15H,5-9H2,1-4H3. The van der Waals surface area contributed by atoms with E-state index in [1.807, 2.05) is 23.1 Å². The SMILES string of the molecule is CSCCC(C)N(C)c1nc(C)c(CNC2CC2)s1. The van der Waals surface area contributed by atoms with Crippen molar-refractivity contribution in [3.63, 3.8) is 0 Å². The van der Waals surface area contributed by atoms with Crippen molar-refractivity contribution in [1.29, 1.82) is 0 Å². The number of nitrogens with one attached hydrogen (secondary N) is 1. The Hall–Kier alpha value is -0.260. The van der Waals surface area contributed by atoms with Crippen LogP contribution in [0.2, 0.25) is 0 Å². The maximum absolute atomic E-state index is 4.74. The van der Waals surface area contributed by atoms with E-state index in [4.69, 9.17) is 4.98 Å². The molecular formula is C14H25N3S2. The maximum atomic E-state index is 4.74. The van der Waals surface area contributed by atoms with Crippen LogP contribution in [0.1, 0.15) is 36.8 Å². The van der Waals surface area contributed by atoms with Crippen molar-refractivity contribution in [3.8, 4) is 0 Å². The molecule has 1 heterocycles. The number of thiazole rings is 1. The van der Waals surface area contributed by atoms with Gasteiger partial charge in [0.2, 0.25) is 0 Å². The van der Waals surface area contributed by atoms with Crippen molar-refractivity contribution < 1.29 is 0 Å². The summed E-state index contributed by atoms with van der Waals surface area (Å²) in [6, 6.07) is 1.32. The number of aryl methyl sites for hydroxylation is 1. The summed E-state index contributed by atoms with van der Waals surface area (Å²) in [4.78, 5) is 8.46. The zero-order valence-corrected chi connectivity index (χ0v) is 14.0. The number of thioether (sulfide) groups is 1. The summed E-state index contributed by atoms with van der Waals surface area (Å²) < 4.78 is 0. The highest BCUT2D eigenvalue weighted by Crippen LogP contribution is 2.28. The Morgan fingerprint density at radius 3 is 2.89 bits per heavy atom. The largest absolute Gasteiger partial charge is 0.348 e. The third-order valence-corrected chi connectivity index (χ3v) is 5.60. The average molecular weight is 300 g/mol. The van der Waals surface area contributed by atoms with Gasteiger partial charge in [-0.25, -0.2) is 4.98 Å². The molecule has 0 amide bonds. The van der Waals surface area contributed by atoms with Crippen LogP contribution in [0.15, 0.2) is 0 Å². The van der Waals surface area contributed by atoms with Gasteiger partial charge in [0.1, 0.15) is 0 Å². The predicted octanol–water partition coefficient (Wildman–Crippen LogP) is 3.28. The number of anilines is 1.